The average Bonchev–Trinajstić information content (AvgIpc) is 2.99. The highest BCUT2D eigenvalue weighted by molar-refractivity contribution is 5.95. The normalized spacial score (nSPS) is 22.0. The largest absolute Gasteiger partial charge is 0.490 e. The first-order valence-corrected chi connectivity index (χ1v) is 4.96. The van der Waals surface area contributed by atoms with Crippen LogP contribution in [0.15, 0.2) is 11.8 Å². The fraction of sp³-hybridized carbons (Fsp3) is 0.700. The maximum Gasteiger partial charge on any atom is 0.210 e. The predicted molar refractivity (Wildman–Crippen MR) is 49.3 cm³/mol. The second-order valence-electron chi connectivity index (χ2n) is 3.64. The number of allylic oxidation sites excluding steroid dienone is 1. The lowest BCUT2D eigenvalue weighted by atomic mass is 10.2. The van der Waals surface area contributed by atoms with Crippen LogP contribution in [0.4, 0.5) is 0 Å². The molecule has 0 aromatic rings. The minimum Gasteiger partial charge on any atom is -0.490 e. The van der Waals surface area contributed by atoms with Crippen molar-refractivity contribution in [2.75, 3.05) is 13.2 Å². The molecule has 0 spiro atoms. The van der Waals surface area contributed by atoms with Crippen LogP contribution >= 0.6 is 0 Å². The Kier molecular flexibility index (Phi) is 2.64. The van der Waals surface area contributed by atoms with Crippen molar-refractivity contribution >= 4 is 5.78 Å². The minimum atomic E-state index is 0.103. The van der Waals surface area contributed by atoms with Crippen molar-refractivity contribution in [3.05, 3.63) is 11.8 Å². The van der Waals surface area contributed by atoms with Crippen molar-refractivity contribution in [3.63, 3.8) is 0 Å². The van der Waals surface area contributed by atoms with Gasteiger partial charge in [-0.05, 0) is 31.8 Å². The van der Waals surface area contributed by atoms with Gasteiger partial charge in [0.15, 0.2) is 5.76 Å². The van der Waals surface area contributed by atoms with Crippen LogP contribution in [0.5, 0.6) is 0 Å². The van der Waals surface area contributed by atoms with E-state index in [1.165, 1.54) is 12.8 Å². The second kappa shape index (κ2) is 3.92. The van der Waals surface area contributed by atoms with Gasteiger partial charge in [-0.25, -0.2) is 0 Å². The number of rotatable bonds is 4. The van der Waals surface area contributed by atoms with E-state index in [9.17, 15) is 4.79 Å². The monoisotopic (exact) mass is 181 g/mol. The SMILES string of the molecule is O=C(CNC1CC1)C1=CCCCO1. The van der Waals surface area contributed by atoms with E-state index in [-0.39, 0.29) is 5.78 Å². The molecule has 0 aromatic carbocycles. The number of hydrogen-bond acceptors (Lipinski definition) is 3. The maximum absolute atomic E-state index is 11.5. The van der Waals surface area contributed by atoms with Crippen LogP contribution < -0.4 is 5.32 Å². The molecule has 0 saturated heterocycles. The lowest BCUT2D eigenvalue weighted by Gasteiger charge is -2.13. The Morgan fingerprint density at radius 1 is 1.62 bits per heavy atom. The van der Waals surface area contributed by atoms with Crippen molar-refractivity contribution < 1.29 is 9.53 Å². The zero-order valence-corrected chi connectivity index (χ0v) is 7.71. The van der Waals surface area contributed by atoms with Crippen LogP contribution in [0.1, 0.15) is 25.7 Å². The molecule has 1 aliphatic heterocycles. The molecule has 0 aromatic heterocycles. The Morgan fingerprint density at radius 2 is 2.46 bits per heavy atom. The summed E-state index contributed by atoms with van der Waals surface area (Å²) in [5.74, 6) is 0.672. The van der Waals surface area contributed by atoms with Crippen molar-refractivity contribution in [2.45, 2.75) is 31.7 Å². The summed E-state index contributed by atoms with van der Waals surface area (Å²) in [6, 6.07) is 0.591. The smallest absolute Gasteiger partial charge is 0.210 e. The summed E-state index contributed by atoms with van der Waals surface area (Å²) < 4.78 is 5.26. The van der Waals surface area contributed by atoms with Gasteiger partial charge in [-0.1, -0.05) is 0 Å². The van der Waals surface area contributed by atoms with Gasteiger partial charge < -0.3 is 10.1 Å². The summed E-state index contributed by atoms with van der Waals surface area (Å²) in [4.78, 5) is 11.5. The molecule has 1 saturated carbocycles. The first kappa shape index (κ1) is 8.75. The van der Waals surface area contributed by atoms with E-state index in [0.717, 1.165) is 12.8 Å². The highest BCUT2D eigenvalue weighted by atomic mass is 16.5. The number of ketones is 1. The Hall–Kier alpha value is -0.830. The van der Waals surface area contributed by atoms with Gasteiger partial charge in [0.2, 0.25) is 5.78 Å². The van der Waals surface area contributed by atoms with Crippen molar-refractivity contribution in [2.24, 2.45) is 0 Å². The van der Waals surface area contributed by atoms with Crippen LogP contribution in [-0.2, 0) is 9.53 Å². The number of ether oxygens (including phenoxy) is 1. The highest BCUT2D eigenvalue weighted by Gasteiger charge is 2.22. The first-order chi connectivity index (χ1) is 6.36. The van der Waals surface area contributed by atoms with Gasteiger partial charge in [-0.15, -0.1) is 0 Å². The van der Waals surface area contributed by atoms with E-state index in [2.05, 4.69) is 5.32 Å². The summed E-state index contributed by atoms with van der Waals surface area (Å²) in [6.45, 7) is 1.14. The van der Waals surface area contributed by atoms with Crippen LogP contribution in [-0.4, -0.2) is 25.0 Å². The molecule has 72 valence electrons. The summed E-state index contributed by atoms with van der Waals surface area (Å²) in [6.07, 6.45) is 6.35. The Bertz CT molecular complexity index is 231. The van der Waals surface area contributed by atoms with Crippen LogP contribution in [0.3, 0.4) is 0 Å². The van der Waals surface area contributed by atoms with Gasteiger partial charge in [0.05, 0.1) is 13.2 Å². The summed E-state index contributed by atoms with van der Waals surface area (Å²) in [5, 5.41) is 3.18. The topological polar surface area (TPSA) is 38.3 Å². The Morgan fingerprint density at radius 3 is 3.08 bits per heavy atom. The van der Waals surface area contributed by atoms with Crippen LogP contribution in [0.25, 0.3) is 0 Å². The molecule has 2 aliphatic rings. The highest BCUT2D eigenvalue weighted by Crippen LogP contribution is 2.18. The fourth-order valence-electron chi connectivity index (χ4n) is 1.36. The molecule has 0 radical (unpaired) electrons. The van der Waals surface area contributed by atoms with Crippen molar-refractivity contribution in [3.8, 4) is 0 Å². The molecule has 1 fully saturated rings. The number of carbonyl (C=O) groups excluding carboxylic acids is 1. The Balaban J connectivity index is 1.77. The maximum atomic E-state index is 11.5. The number of nitrogens with one attached hydrogen (secondary N) is 1. The molecule has 0 atom stereocenters. The van der Waals surface area contributed by atoms with Crippen LogP contribution in [0, 0.1) is 0 Å². The molecule has 13 heavy (non-hydrogen) atoms. The van der Waals surface area contributed by atoms with Gasteiger partial charge in [0.25, 0.3) is 0 Å². The zero-order chi connectivity index (χ0) is 9.10. The van der Waals surface area contributed by atoms with Gasteiger partial charge >= 0.3 is 0 Å². The molecule has 0 unspecified atom stereocenters. The standard InChI is InChI=1S/C10H15NO2/c12-9(7-11-8-4-5-8)10-3-1-2-6-13-10/h3,8,11H,1-2,4-7H2. The number of Topliss-reactive ketones (excluding diaryl/α,β-unsaturated/α-hetero) is 1. The molecule has 3 nitrogen and oxygen atoms in total. The van der Waals surface area contributed by atoms with Gasteiger partial charge in [-0.2, -0.15) is 0 Å². The molecule has 0 amide bonds. The van der Waals surface area contributed by atoms with Gasteiger partial charge in [-0.3, -0.25) is 4.79 Å². The van der Waals surface area contributed by atoms with Gasteiger partial charge in [0.1, 0.15) is 0 Å². The third kappa shape index (κ3) is 2.56. The van der Waals surface area contributed by atoms with E-state index >= 15 is 0 Å². The summed E-state index contributed by atoms with van der Waals surface area (Å²) in [7, 11) is 0. The quantitative estimate of drug-likeness (QED) is 0.703. The molecular formula is C10H15NO2. The van der Waals surface area contributed by atoms with Gasteiger partial charge in [0, 0.05) is 6.04 Å². The summed E-state index contributed by atoms with van der Waals surface area (Å²) >= 11 is 0. The lowest BCUT2D eigenvalue weighted by Crippen LogP contribution is -2.27. The average molecular weight is 181 g/mol. The molecular weight excluding hydrogens is 166 g/mol. The zero-order valence-electron chi connectivity index (χ0n) is 7.71. The minimum absolute atomic E-state index is 0.103. The van der Waals surface area contributed by atoms with E-state index in [1.54, 1.807) is 0 Å². The van der Waals surface area contributed by atoms with E-state index in [1.807, 2.05) is 6.08 Å². The fourth-order valence-corrected chi connectivity index (χ4v) is 1.36. The molecule has 2 rings (SSSR count). The molecule has 1 N–H and O–H groups in total. The van der Waals surface area contributed by atoms with Crippen molar-refractivity contribution in [1.82, 2.24) is 5.32 Å². The molecule has 0 bridgehead atoms. The number of carbonyl (C=O) groups is 1. The van der Waals surface area contributed by atoms with E-state index in [4.69, 9.17) is 4.74 Å². The summed E-state index contributed by atoms with van der Waals surface area (Å²) in [5.41, 5.74) is 0. The third-order valence-corrected chi connectivity index (χ3v) is 2.34. The second-order valence-corrected chi connectivity index (χ2v) is 3.64. The van der Waals surface area contributed by atoms with Crippen molar-refractivity contribution in [1.29, 1.82) is 0 Å². The van der Waals surface area contributed by atoms with E-state index < -0.39 is 0 Å². The lowest BCUT2D eigenvalue weighted by molar-refractivity contribution is -0.118. The van der Waals surface area contributed by atoms with Crippen LogP contribution in [0.2, 0.25) is 0 Å². The number of hydrogen-bond donors (Lipinski definition) is 1. The molecule has 1 aliphatic carbocycles. The third-order valence-electron chi connectivity index (χ3n) is 2.34. The predicted octanol–water partition coefficient (Wildman–Crippen LogP) is 1.00. The first-order valence-electron chi connectivity index (χ1n) is 4.96. The molecule has 3 heteroatoms. The molecule has 1 heterocycles. The van der Waals surface area contributed by atoms with E-state index in [0.29, 0.717) is 25.0 Å². The Labute approximate surface area is 78.1 Å².